The Balaban J connectivity index is 2.57. The van der Waals surface area contributed by atoms with Crippen LogP contribution in [-0.2, 0) is 4.84 Å². The Morgan fingerprint density at radius 3 is 2.73 bits per heavy atom. The molecule has 0 amide bonds. The minimum atomic E-state index is -0.969. The summed E-state index contributed by atoms with van der Waals surface area (Å²) in [5, 5.41) is 9.53. The highest BCUT2D eigenvalue weighted by atomic mass is 19.2. The van der Waals surface area contributed by atoms with E-state index in [9.17, 15) is 13.9 Å². The molecule has 0 fully saturated rings. The van der Waals surface area contributed by atoms with E-state index in [0.29, 0.717) is 12.2 Å². The Morgan fingerprint density at radius 1 is 1.40 bits per heavy atom. The summed E-state index contributed by atoms with van der Waals surface area (Å²) in [5.41, 5.74) is 2.81. The predicted molar refractivity (Wildman–Crippen MR) is 50.9 cm³/mol. The molecule has 0 aliphatic rings. The normalized spacial score (nSPS) is 12.8. The molecule has 5 heteroatoms. The number of hydrogen-bond donors (Lipinski definition) is 2. The van der Waals surface area contributed by atoms with E-state index in [2.05, 4.69) is 5.48 Å². The van der Waals surface area contributed by atoms with E-state index in [1.165, 1.54) is 6.07 Å². The van der Waals surface area contributed by atoms with Gasteiger partial charge in [-0.2, -0.15) is 5.48 Å². The number of hydrogen-bond acceptors (Lipinski definition) is 3. The van der Waals surface area contributed by atoms with Gasteiger partial charge in [-0.05, 0) is 24.6 Å². The van der Waals surface area contributed by atoms with Crippen LogP contribution < -0.4 is 5.48 Å². The van der Waals surface area contributed by atoms with E-state index in [0.717, 1.165) is 12.1 Å². The van der Waals surface area contributed by atoms with Crippen LogP contribution in [0, 0.1) is 11.6 Å². The maximum Gasteiger partial charge on any atom is 0.159 e. The van der Waals surface area contributed by atoms with Crippen molar-refractivity contribution in [3.05, 3.63) is 35.4 Å². The first-order chi connectivity index (χ1) is 7.15. The summed E-state index contributed by atoms with van der Waals surface area (Å²) >= 11 is 0. The van der Waals surface area contributed by atoms with Crippen LogP contribution in [0.3, 0.4) is 0 Å². The molecule has 1 unspecified atom stereocenters. The molecule has 15 heavy (non-hydrogen) atoms. The third kappa shape index (κ3) is 3.54. The molecule has 1 atom stereocenters. The van der Waals surface area contributed by atoms with Gasteiger partial charge in [0.15, 0.2) is 11.6 Å². The van der Waals surface area contributed by atoms with Crippen LogP contribution in [0.2, 0.25) is 0 Å². The van der Waals surface area contributed by atoms with Gasteiger partial charge in [-0.15, -0.1) is 0 Å². The highest BCUT2D eigenvalue weighted by Crippen LogP contribution is 2.15. The fourth-order valence-electron chi connectivity index (χ4n) is 1.08. The van der Waals surface area contributed by atoms with Crippen molar-refractivity contribution in [1.29, 1.82) is 0 Å². The first kappa shape index (κ1) is 12.0. The molecule has 0 bridgehead atoms. The third-order valence-electron chi connectivity index (χ3n) is 1.85. The fraction of sp³-hybridized carbons (Fsp3) is 0.400. The second-order valence-corrected chi connectivity index (χ2v) is 2.97. The lowest BCUT2D eigenvalue weighted by atomic mass is 10.1. The van der Waals surface area contributed by atoms with Crippen molar-refractivity contribution in [2.75, 3.05) is 13.2 Å². The third-order valence-corrected chi connectivity index (χ3v) is 1.85. The van der Waals surface area contributed by atoms with Crippen molar-refractivity contribution < 1.29 is 18.7 Å². The van der Waals surface area contributed by atoms with Crippen molar-refractivity contribution in [1.82, 2.24) is 5.48 Å². The molecule has 0 heterocycles. The topological polar surface area (TPSA) is 41.5 Å². The average molecular weight is 217 g/mol. The van der Waals surface area contributed by atoms with Gasteiger partial charge in [0.1, 0.15) is 0 Å². The van der Waals surface area contributed by atoms with E-state index in [1.807, 2.05) is 0 Å². The van der Waals surface area contributed by atoms with Crippen molar-refractivity contribution in [3.63, 3.8) is 0 Å². The van der Waals surface area contributed by atoms with E-state index in [-0.39, 0.29) is 6.54 Å². The molecule has 2 N–H and O–H groups in total. The molecular weight excluding hydrogens is 204 g/mol. The van der Waals surface area contributed by atoms with Gasteiger partial charge in [-0.3, -0.25) is 0 Å². The zero-order valence-electron chi connectivity index (χ0n) is 8.34. The van der Waals surface area contributed by atoms with E-state index < -0.39 is 17.7 Å². The van der Waals surface area contributed by atoms with Gasteiger partial charge in [0.2, 0.25) is 0 Å². The van der Waals surface area contributed by atoms with E-state index in [4.69, 9.17) is 4.84 Å². The van der Waals surface area contributed by atoms with Crippen LogP contribution in [0.15, 0.2) is 18.2 Å². The smallest absolute Gasteiger partial charge is 0.159 e. The highest BCUT2D eigenvalue weighted by Gasteiger charge is 2.10. The number of benzene rings is 1. The zero-order chi connectivity index (χ0) is 11.3. The van der Waals surface area contributed by atoms with Crippen LogP contribution >= 0.6 is 0 Å². The first-order valence-electron chi connectivity index (χ1n) is 4.62. The van der Waals surface area contributed by atoms with Crippen molar-refractivity contribution in [2.24, 2.45) is 0 Å². The van der Waals surface area contributed by atoms with Gasteiger partial charge in [0.05, 0.1) is 19.3 Å². The Hall–Kier alpha value is -1.04. The molecule has 3 nitrogen and oxygen atoms in total. The molecule has 1 rings (SSSR count). The maximum atomic E-state index is 12.8. The molecule has 0 saturated heterocycles. The van der Waals surface area contributed by atoms with Crippen molar-refractivity contribution in [2.45, 2.75) is 13.0 Å². The summed E-state index contributed by atoms with van der Waals surface area (Å²) in [6, 6.07) is 3.28. The van der Waals surface area contributed by atoms with Crippen LogP contribution in [0.4, 0.5) is 8.78 Å². The quantitative estimate of drug-likeness (QED) is 0.580. The predicted octanol–water partition coefficient (Wildman–Crippen LogP) is 1.54. The Morgan fingerprint density at radius 2 is 2.13 bits per heavy atom. The van der Waals surface area contributed by atoms with Gasteiger partial charge >= 0.3 is 0 Å². The SMILES string of the molecule is CCONCC(O)c1ccc(F)c(F)c1. The molecule has 0 aliphatic heterocycles. The van der Waals surface area contributed by atoms with Gasteiger partial charge < -0.3 is 9.94 Å². The minimum absolute atomic E-state index is 0.124. The lowest BCUT2D eigenvalue weighted by molar-refractivity contribution is 0.0208. The number of halogens is 2. The first-order valence-corrected chi connectivity index (χ1v) is 4.62. The van der Waals surface area contributed by atoms with Gasteiger partial charge in [0.25, 0.3) is 0 Å². The number of nitrogens with one attached hydrogen (secondary N) is 1. The summed E-state index contributed by atoms with van der Waals surface area (Å²) in [7, 11) is 0. The van der Waals surface area contributed by atoms with E-state index in [1.54, 1.807) is 6.92 Å². The number of hydroxylamine groups is 1. The minimum Gasteiger partial charge on any atom is -0.387 e. The molecule has 0 aliphatic carbocycles. The second kappa shape index (κ2) is 5.75. The molecule has 0 aromatic heterocycles. The summed E-state index contributed by atoms with van der Waals surface area (Å²) in [6.45, 7) is 2.38. The largest absolute Gasteiger partial charge is 0.387 e. The van der Waals surface area contributed by atoms with Crippen molar-refractivity contribution >= 4 is 0 Å². The lowest BCUT2D eigenvalue weighted by Crippen LogP contribution is -2.21. The Kier molecular flexibility index (Phi) is 4.61. The van der Waals surface area contributed by atoms with E-state index >= 15 is 0 Å². The average Bonchev–Trinajstić information content (AvgIpc) is 2.22. The van der Waals surface area contributed by atoms with Crippen LogP contribution in [0.25, 0.3) is 0 Å². The Bertz CT molecular complexity index is 320. The maximum absolute atomic E-state index is 12.8. The van der Waals surface area contributed by atoms with Crippen LogP contribution in [0.1, 0.15) is 18.6 Å². The highest BCUT2D eigenvalue weighted by molar-refractivity contribution is 5.20. The fourth-order valence-corrected chi connectivity index (χ4v) is 1.08. The molecule has 0 spiro atoms. The van der Waals surface area contributed by atoms with Gasteiger partial charge in [-0.25, -0.2) is 8.78 Å². The number of rotatable bonds is 5. The molecule has 84 valence electrons. The summed E-state index contributed by atoms with van der Waals surface area (Å²) in [4.78, 5) is 4.80. The molecule has 0 saturated carbocycles. The summed E-state index contributed by atoms with van der Waals surface area (Å²) < 4.78 is 25.4. The Labute approximate surface area is 86.6 Å². The molecular formula is C10H13F2NO2. The van der Waals surface area contributed by atoms with Gasteiger partial charge in [-0.1, -0.05) is 6.07 Å². The molecule has 0 radical (unpaired) electrons. The summed E-state index contributed by atoms with van der Waals surface area (Å²) in [6.07, 6.45) is -0.924. The number of aliphatic hydroxyl groups is 1. The lowest BCUT2D eigenvalue weighted by Gasteiger charge is -2.11. The van der Waals surface area contributed by atoms with Crippen LogP contribution in [0.5, 0.6) is 0 Å². The summed E-state index contributed by atoms with van der Waals surface area (Å²) in [5.74, 6) is -1.90. The second-order valence-electron chi connectivity index (χ2n) is 2.97. The zero-order valence-corrected chi connectivity index (χ0v) is 8.34. The number of aliphatic hydroxyl groups excluding tert-OH is 1. The monoisotopic (exact) mass is 217 g/mol. The van der Waals surface area contributed by atoms with Crippen molar-refractivity contribution in [3.8, 4) is 0 Å². The van der Waals surface area contributed by atoms with Crippen LogP contribution in [-0.4, -0.2) is 18.3 Å². The van der Waals surface area contributed by atoms with Gasteiger partial charge in [0, 0.05) is 0 Å². The molecule has 1 aromatic carbocycles. The molecule has 1 aromatic rings. The standard InChI is InChI=1S/C10H13F2NO2/c1-2-15-13-6-10(14)7-3-4-8(11)9(12)5-7/h3-5,10,13-14H,2,6H2,1H3.